The fourth-order valence-electron chi connectivity index (χ4n) is 2.99. The van der Waals surface area contributed by atoms with Crippen LogP contribution in [0.15, 0.2) is 33.0 Å². The van der Waals surface area contributed by atoms with Crippen molar-refractivity contribution in [2.24, 2.45) is 5.92 Å². The molecule has 0 atom stereocenters. The number of aromatic nitrogens is 3. The Kier molecular flexibility index (Phi) is 3.97. The molecule has 126 valence electrons. The number of nitrogens with zero attached hydrogens (tertiary/aromatic N) is 3. The maximum absolute atomic E-state index is 12.4. The highest BCUT2D eigenvalue weighted by molar-refractivity contribution is 7.92. The summed E-state index contributed by atoms with van der Waals surface area (Å²) in [5.74, 6) is 1.03. The van der Waals surface area contributed by atoms with Crippen molar-refractivity contribution in [1.29, 1.82) is 0 Å². The molecule has 9 heteroatoms. The molecule has 0 amide bonds. The summed E-state index contributed by atoms with van der Waals surface area (Å²) in [6, 6.07) is 3.33. The second-order valence-electron chi connectivity index (χ2n) is 5.94. The summed E-state index contributed by atoms with van der Waals surface area (Å²) >= 11 is 1.44. The minimum Gasteiger partial charge on any atom is -0.407 e. The van der Waals surface area contributed by atoms with Crippen LogP contribution >= 0.6 is 11.3 Å². The van der Waals surface area contributed by atoms with Crippen molar-refractivity contribution >= 4 is 37.6 Å². The molecule has 3 aromatic heterocycles. The topological polar surface area (TPSA) is 98.0 Å². The van der Waals surface area contributed by atoms with E-state index in [1.54, 1.807) is 6.07 Å². The molecule has 0 bridgehead atoms. The molecule has 1 N–H and O–H groups in total. The fraction of sp³-hybridized carbons (Fsp3) is 0.400. The maximum Gasteiger partial charge on any atom is 0.329 e. The fourth-order valence-corrected chi connectivity index (χ4v) is 4.74. The summed E-state index contributed by atoms with van der Waals surface area (Å²) in [7, 11) is -3.80. The number of anilines is 1. The first-order chi connectivity index (χ1) is 11.6. The molecular weight excluding hydrogens is 348 g/mol. The molecule has 3 aromatic rings. The standard InChI is InChI=1S/C15H16N4O3S2/c20-24(21,11-8-13-12(16-9-11)5-6-23-13)19-15-18-17-14(22-15)7-10-3-1-2-4-10/h5-6,8-10H,1-4,7H2,(H,18,19). The van der Waals surface area contributed by atoms with Crippen LogP contribution in [0.5, 0.6) is 0 Å². The van der Waals surface area contributed by atoms with E-state index in [0.29, 0.717) is 18.2 Å². The molecule has 0 aromatic carbocycles. The molecule has 7 nitrogen and oxygen atoms in total. The average Bonchev–Trinajstić information content (AvgIpc) is 3.28. The number of thiophene rings is 1. The highest BCUT2D eigenvalue weighted by atomic mass is 32.2. The van der Waals surface area contributed by atoms with Gasteiger partial charge < -0.3 is 4.42 Å². The van der Waals surface area contributed by atoms with Crippen LogP contribution in [0.4, 0.5) is 6.01 Å². The van der Waals surface area contributed by atoms with Crippen LogP contribution in [0, 0.1) is 5.92 Å². The van der Waals surface area contributed by atoms with Gasteiger partial charge in [0.05, 0.1) is 10.2 Å². The smallest absolute Gasteiger partial charge is 0.329 e. The Bertz CT molecular complexity index is 958. The van der Waals surface area contributed by atoms with Crippen molar-refractivity contribution in [3.8, 4) is 0 Å². The molecule has 0 saturated heterocycles. The summed E-state index contributed by atoms with van der Waals surface area (Å²) in [4.78, 5) is 4.22. The molecule has 0 aliphatic heterocycles. The van der Waals surface area contributed by atoms with Gasteiger partial charge in [-0.3, -0.25) is 4.98 Å². The Hall–Kier alpha value is -2.00. The van der Waals surface area contributed by atoms with Crippen molar-refractivity contribution in [2.45, 2.75) is 37.0 Å². The number of hydrogen-bond acceptors (Lipinski definition) is 7. The highest BCUT2D eigenvalue weighted by Crippen LogP contribution is 2.28. The molecule has 1 aliphatic rings. The predicted molar refractivity (Wildman–Crippen MR) is 90.4 cm³/mol. The van der Waals surface area contributed by atoms with E-state index in [-0.39, 0.29) is 10.9 Å². The first-order valence-corrected chi connectivity index (χ1v) is 10.1. The van der Waals surface area contributed by atoms with Gasteiger partial charge in [-0.05, 0) is 36.3 Å². The SMILES string of the molecule is O=S(=O)(Nc1nnc(CC2CCCC2)o1)c1cnc2ccsc2c1. The Morgan fingerprint density at radius 3 is 2.96 bits per heavy atom. The van der Waals surface area contributed by atoms with Crippen LogP contribution in [0.2, 0.25) is 0 Å². The Morgan fingerprint density at radius 1 is 1.29 bits per heavy atom. The molecule has 3 heterocycles. The third-order valence-electron chi connectivity index (χ3n) is 4.21. The number of fused-ring (bicyclic) bond motifs is 1. The van der Waals surface area contributed by atoms with Crippen LogP contribution in [0.25, 0.3) is 10.2 Å². The molecule has 1 aliphatic carbocycles. The average molecular weight is 364 g/mol. The minimum absolute atomic E-state index is 0.0768. The molecule has 4 rings (SSSR count). The maximum atomic E-state index is 12.4. The van der Waals surface area contributed by atoms with Crippen LogP contribution in [-0.4, -0.2) is 23.6 Å². The lowest BCUT2D eigenvalue weighted by atomic mass is 10.0. The minimum atomic E-state index is -3.80. The zero-order valence-electron chi connectivity index (χ0n) is 12.8. The lowest BCUT2D eigenvalue weighted by Crippen LogP contribution is -2.13. The van der Waals surface area contributed by atoms with Crippen LogP contribution in [0.3, 0.4) is 0 Å². The lowest BCUT2D eigenvalue weighted by Gasteiger charge is -2.04. The van der Waals surface area contributed by atoms with E-state index in [0.717, 1.165) is 23.1 Å². The second kappa shape index (κ2) is 6.14. The van der Waals surface area contributed by atoms with E-state index < -0.39 is 10.0 Å². The normalized spacial score (nSPS) is 16.0. The van der Waals surface area contributed by atoms with Gasteiger partial charge in [0.1, 0.15) is 4.90 Å². The summed E-state index contributed by atoms with van der Waals surface area (Å²) in [6.07, 6.45) is 6.82. The molecule has 0 spiro atoms. The van der Waals surface area contributed by atoms with Gasteiger partial charge in [0.25, 0.3) is 10.0 Å². The largest absolute Gasteiger partial charge is 0.407 e. The van der Waals surface area contributed by atoms with E-state index in [1.165, 1.54) is 30.4 Å². The molecule has 24 heavy (non-hydrogen) atoms. The van der Waals surface area contributed by atoms with Gasteiger partial charge in [0.2, 0.25) is 5.89 Å². The number of hydrogen-bond donors (Lipinski definition) is 1. The lowest BCUT2D eigenvalue weighted by molar-refractivity contribution is 0.439. The van der Waals surface area contributed by atoms with E-state index in [1.807, 2.05) is 11.4 Å². The van der Waals surface area contributed by atoms with E-state index in [2.05, 4.69) is 19.9 Å². The van der Waals surface area contributed by atoms with Crippen molar-refractivity contribution < 1.29 is 12.8 Å². The number of nitrogens with one attached hydrogen (secondary N) is 1. The first-order valence-electron chi connectivity index (χ1n) is 7.79. The molecule has 1 fully saturated rings. The van der Waals surface area contributed by atoms with Gasteiger partial charge in [-0.25, -0.2) is 13.1 Å². The van der Waals surface area contributed by atoms with Gasteiger partial charge in [-0.1, -0.05) is 17.9 Å². The zero-order chi connectivity index (χ0) is 16.6. The van der Waals surface area contributed by atoms with Crippen LogP contribution in [-0.2, 0) is 16.4 Å². The summed E-state index contributed by atoms with van der Waals surface area (Å²) < 4.78 is 33.5. The predicted octanol–water partition coefficient (Wildman–Crippen LogP) is 3.21. The summed E-state index contributed by atoms with van der Waals surface area (Å²) in [5.41, 5.74) is 0.774. The third kappa shape index (κ3) is 3.13. The summed E-state index contributed by atoms with van der Waals surface area (Å²) in [6.45, 7) is 0. The van der Waals surface area contributed by atoms with Crippen molar-refractivity contribution in [3.05, 3.63) is 29.6 Å². The monoisotopic (exact) mass is 364 g/mol. The molecule has 0 unspecified atom stereocenters. The van der Waals surface area contributed by atoms with Crippen molar-refractivity contribution in [1.82, 2.24) is 15.2 Å². The zero-order valence-corrected chi connectivity index (χ0v) is 14.4. The molecule has 1 saturated carbocycles. The van der Waals surface area contributed by atoms with Crippen molar-refractivity contribution in [3.63, 3.8) is 0 Å². The van der Waals surface area contributed by atoms with E-state index in [4.69, 9.17) is 4.42 Å². The first kappa shape index (κ1) is 15.5. The van der Waals surface area contributed by atoms with Gasteiger partial charge in [0, 0.05) is 12.6 Å². The van der Waals surface area contributed by atoms with E-state index in [9.17, 15) is 8.42 Å². The van der Waals surface area contributed by atoms with Crippen LogP contribution < -0.4 is 4.72 Å². The van der Waals surface area contributed by atoms with Gasteiger partial charge in [-0.2, -0.15) is 0 Å². The highest BCUT2D eigenvalue weighted by Gasteiger charge is 2.22. The Balaban J connectivity index is 1.51. The third-order valence-corrected chi connectivity index (χ3v) is 6.35. The van der Waals surface area contributed by atoms with Gasteiger partial charge in [-0.15, -0.1) is 16.4 Å². The quantitative estimate of drug-likeness (QED) is 0.746. The molecular formula is C15H16N4O3S2. The summed E-state index contributed by atoms with van der Waals surface area (Å²) in [5, 5.41) is 9.61. The number of pyridine rings is 1. The van der Waals surface area contributed by atoms with Gasteiger partial charge in [0.15, 0.2) is 0 Å². The van der Waals surface area contributed by atoms with Crippen LogP contribution in [0.1, 0.15) is 31.6 Å². The number of rotatable bonds is 5. The van der Waals surface area contributed by atoms with Gasteiger partial charge >= 0.3 is 6.01 Å². The number of sulfonamides is 1. The molecule has 0 radical (unpaired) electrons. The second-order valence-corrected chi connectivity index (χ2v) is 8.57. The van der Waals surface area contributed by atoms with E-state index >= 15 is 0 Å². The van der Waals surface area contributed by atoms with Crippen molar-refractivity contribution in [2.75, 3.05) is 4.72 Å². The Morgan fingerprint density at radius 2 is 2.12 bits per heavy atom. The Labute approximate surface area is 143 Å².